The lowest BCUT2D eigenvalue weighted by atomic mass is 10.2. The van der Waals surface area contributed by atoms with Crippen molar-refractivity contribution in [2.75, 3.05) is 37.4 Å². The second-order valence-electron chi connectivity index (χ2n) is 4.42. The number of hydrogen-bond donors (Lipinski definition) is 1. The monoisotopic (exact) mass is 348 g/mol. The summed E-state index contributed by atoms with van der Waals surface area (Å²) in [5.41, 5.74) is 1.05. The molecule has 0 unspecified atom stereocenters. The van der Waals surface area contributed by atoms with Crippen molar-refractivity contribution in [2.24, 2.45) is 0 Å². The number of halogens is 2. The van der Waals surface area contributed by atoms with Gasteiger partial charge < -0.3 is 15.0 Å². The molecule has 0 aliphatic heterocycles. The number of nitrogens with one attached hydrogen (secondary N) is 1. The third-order valence-electron chi connectivity index (χ3n) is 3.06. The Morgan fingerprint density at radius 2 is 1.77 bits per heavy atom. The highest BCUT2D eigenvalue weighted by molar-refractivity contribution is 6.29. The van der Waals surface area contributed by atoms with Gasteiger partial charge in [-0.3, -0.25) is 4.79 Å². The number of anilines is 1. The zero-order valence-electron chi connectivity index (χ0n) is 12.8. The van der Waals surface area contributed by atoms with Gasteiger partial charge in [0.1, 0.15) is 12.5 Å². The average molecular weight is 349 g/mol. The molecular weight excluding hydrogens is 327 g/mol. The fourth-order valence-electron chi connectivity index (χ4n) is 1.77. The first-order valence-electron chi connectivity index (χ1n) is 6.96. The Morgan fingerprint density at radius 1 is 1.18 bits per heavy atom. The topological polar surface area (TPSA) is 58.6 Å². The smallest absolute Gasteiger partial charge is 0.338 e. The molecule has 1 amide bonds. The van der Waals surface area contributed by atoms with Gasteiger partial charge in [-0.2, -0.15) is 0 Å². The molecule has 0 saturated carbocycles. The largest absolute Gasteiger partial charge is 0.461 e. The summed E-state index contributed by atoms with van der Waals surface area (Å²) in [4.78, 5) is 25.1. The summed E-state index contributed by atoms with van der Waals surface area (Å²) in [6.07, 6.45) is 0. The normalized spacial score (nSPS) is 10.0. The first kappa shape index (κ1) is 20.7. The van der Waals surface area contributed by atoms with E-state index < -0.39 is 0 Å². The van der Waals surface area contributed by atoms with Gasteiger partial charge in [-0.15, -0.1) is 24.0 Å². The fraction of sp³-hybridized carbons (Fsp3) is 0.467. The lowest BCUT2D eigenvalue weighted by Gasteiger charge is -2.17. The van der Waals surface area contributed by atoms with Gasteiger partial charge in [0.05, 0.1) is 5.56 Å². The van der Waals surface area contributed by atoms with Gasteiger partial charge in [-0.25, -0.2) is 4.79 Å². The molecule has 7 heteroatoms. The van der Waals surface area contributed by atoms with Gasteiger partial charge in [0.2, 0.25) is 5.91 Å². The van der Waals surface area contributed by atoms with E-state index >= 15 is 0 Å². The van der Waals surface area contributed by atoms with E-state index in [1.54, 1.807) is 24.3 Å². The van der Waals surface area contributed by atoms with Crippen LogP contribution in [0.15, 0.2) is 24.3 Å². The molecule has 22 heavy (non-hydrogen) atoms. The number of rotatable bonds is 8. The summed E-state index contributed by atoms with van der Waals surface area (Å²) in [6.45, 7) is 7.10. The Kier molecular flexibility index (Phi) is 10.6. The third-order valence-corrected chi connectivity index (χ3v) is 3.30. The van der Waals surface area contributed by atoms with E-state index in [0.717, 1.165) is 19.6 Å². The number of benzene rings is 1. The van der Waals surface area contributed by atoms with Crippen molar-refractivity contribution in [1.82, 2.24) is 4.90 Å². The lowest BCUT2D eigenvalue weighted by Crippen LogP contribution is -2.27. The summed E-state index contributed by atoms with van der Waals surface area (Å²) in [5.74, 6) is -0.751. The molecule has 0 atom stereocenters. The summed E-state index contributed by atoms with van der Waals surface area (Å²) in [7, 11) is 0. The molecule has 1 aromatic carbocycles. The van der Waals surface area contributed by atoms with Crippen molar-refractivity contribution in [3.63, 3.8) is 0 Å². The van der Waals surface area contributed by atoms with Crippen molar-refractivity contribution in [2.45, 2.75) is 13.8 Å². The van der Waals surface area contributed by atoms with Gasteiger partial charge in [0.25, 0.3) is 0 Å². The summed E-state index contributed by atoms with van der Waals surface area (Å²) < 4.78 is 5.22. The highest BCUT2D eigenvalue weighted by Crippen LogP contribution is 2.10. The van der Waals surface area contributed by atoms with Crippen LogP contribution >= 0.6 is 24.0 Å². The summed E-state index contributed by atoms with van der Waals surface area (Å²) in [6, 6.07) is 6.52. The van der Waals surface area contributed by atoms with Crippen LogP contribution in [0.25, 0.3) is 0 Å². The molecule has 0 aliphatic carbocycles. The van der Waals surface area contributed by atoms with Crippen LogP contribution in [-0.2, 0) is 9.53 Å². The highest BCUT2D eigenvalue weighted by atomic mass is 35.5. The molecule has 5 nitrogen and oxygen atoms in total. The van der Waals surface area contributed by atoms with E-state index in [0.29, 0.717) is 17.9 Å². The molecule has 0 heterocycles. The van der Waals surface area contributed by atoms with E-state index in [2.05, 4.69) is 24.1 Å². The maximum atomic E-state index is 11.8. The van der Waals surface area contributed by atoms with Crippen LogP contribution < -0.4 is 5.32 Å². The number of alkyl halides is 1. The van der Waals surface area contributed by atoms with Gasteiger partial charge >= 0.3 is 5.97 Å². The Hall–Kier alpha value is -1.30. The fourth-order valence-corrected chi connectivity index (χ4v) is 1.84. The van der Waals surface area contributed by atoms with Crippen LogP contribution in [0.5, 0.6) is 0 Å². The van der Waals surface area contributed by atoms with Crippen LogP contribution in [0.3, 0.4) is 0 Å². The first-order chi connectivity index (χ1) is 10.1. The second-order valence-corrected chi connectivity index (χ2v) is 4.69. The van der Waals surface area contributed by atoms with Crippen LogP contribution in [0.4, 0.5) is 5.69 Å². The van der Waals surface area contributed by atoms with Gasteiger partial charge in [-0.1, -0.05) is 13.8 Å². The Morgan fingerprint density at radius 3 is 2.27 bits per heavy atom. The molecule has 0 aromatic heterocycles. The Labute approximate surface area is 142 Å². The molecule has 0 saturated heterocycles. The quantitative estimate of drug-likeness (QED) is 0.579. The van der Waals surface area contributed by atoms with Crippen molar-refractivity contribution >= 4 is 41.6 Å². The third kappa shape index (κ3) is 7.11. The van der Waals surface area contributed by atoms with Crippen molar-refractivity contribution in [3.8, 4) is 0 Å². The van der Waals surface area contributed by atoms with Crippen LogP contribution in [0.2, 0.25) is 0 Å². The molecule has 1 aromatic rings. The van der Waals surface area contributed by atoms with E-state index in [4.69, 9.17) is 16.3 Å². The van der Waals surface area contributed by atoms with Crippen LogP contribution in [-0.4, -0.2) is 48.9 Å². The van der Waals surface area contributed by atoms with Crippen molar-refractivity contribution in [3.05, 3.63) is 29.8 Å². The van der Waals surface area contributed by atoms with Gasteiger partial charge in [0, 0.05) is 12.2 Å². The maximum Gasteiger partial charge on any atom is 0.338 e. The van der Waals surface area contributed by atoms with Crippen molar-refractivity contribution in [1.29, 1.82) is 0 Å². The lowest BCUT2D eigenvalue weighted by molar-refractivity contribution is -0.113. The minimum absolute atomic E-state index is 0. The average Bonchev–Trinajstić information content (AvgIpc) is 2.52. The maximum absolute atomic E-state index is 11.8. The minimum atomic E-state index is -0.364. The number of carbonyl (C=O) groups is 2. The molecule has 0 bridgehead atoms. The van der Waals surface area contributed by atoms with Crippen LogP contribution in [0.1, 0.15) is 24.2 Å². The number of likely N-dealkylation sites (N-methyl/N-ethyl adjacent to an activating group) is 1. The standard InChI is InChI=1S/C15H21ClN2O3.ClH/c1-3-18(4-2)9-10-21-15(20)12-5-7-13(8-6-12)17-14(19)11-16;/h5-8H,3-4,9-11H2,1-2H3,(H,17,19);1H. The molecule has 0 radical (unpaired) electrons. The first-order valence-corrected chi connectivity index (χ1v) is 7.49. The highest BCUT2D eigenvalue weighted by Gasteiger charge is 2.08. The van der Waals surface area contributed by atoms with Crippen molar-refractivity contribution < 1.29 is 14.3 Å². The molecule has 1 rings (SSSR count). The zero-order chi connectivity index (χ0) is 15.7. The zero-order valence-corrected chi connectivity index (χ0v) is 14.4. The number of hydrogen-bond acceptors (Lipinski definition) is 4. The van der Waals surface area contributed by atoms with Gasteiger partial charge in [0.15, 0.2) is 0 Å². The molecule has 1 N–H and O–H groups in total. The number of ether oxygens (including phenoxy) is 1. The minimum Gasteiger partial charge on any atom is -0.461 e. The van der Waals surface area contributed by atoms with E-state index in [-0.39, 0.29) is 30.2 Å². The van der Waals surface area contributed by atoms with E-state index in [1.165, 1.54) is 0 Å². The number of esters is 1. The number of amides is 1. The predicted molar refractivity (Wildman–Crippen MR) is 91.1 cm³/mol. The van der Waals surface area contributed by atoms with E-state index in [1.807, 2.05) is 0 Å². The number of nitrogens with zero attached hydrogens (tertiary/aromatic N) is 1. The summed E-state index contributed by atoms with van der Waals surface area (Å²) >= 11 is 5.40. The predicted octanol–water partition coefficient (Wildman–Crippen LogP) is 2.78. The van der Waals surface area contributed by atoms with Gasteiger partial charge in [-0.05, 0) is 37.4 Å². The Balaban J connectivity index is 0.00000441. The molecule has 124 valence electrons. The molecule has 0 aliphatic rings. The SMILES string of the molecule is CCN(CC)CCOC(=O)c1ccc(NC(=O)CCl)cc1.Cl. The number of carbonyl (C=O) groups excluding carboxylic acids is 2. The molecule has 0 spiro atoms. The molecule has 0 fully saturated rings. The summed E-state index contributed by atoms with van der Waals surface area (Å²) in [5, 5.41) is 2.60. The second kappa shape index (κ2) is 11.3. The Bertz CT molecular complexity index is 462. The van der Waals surface area contributed by atoms with E-state index in [9.17, 15) is 9.59 Å². The van der Waals surface area contributed by atoms with Crippen LogP contribution in [0, 0.1) is 0 Å². The molecular formula is C15H22Cl2N2O3.